The highest BCUT2D eigenvalue weighted by molar-refractivity contribution is 6.45. The average molecular weight is 405 g/mol. The van der Waals surface area contributed by atoms with Gasteiger partial charge in [0, 0.05) is 18.7 Å². The summed E-state index contributed by atoms with van der Waals surface area (Å²) in [5.41, 5.74) is 4.24. The summed E-state index contributed by atoms with van der Waals surface area (Å²) in [6, 6.07) is 13.2. The van der Waals surface area contributed by atoms with Crippen LogP contribution >= 0.6 is 0 Å². The molecule has 0 spiro atoms. The molecule has 0 bridgehead atoms. The minimum Gasteiger partial charge on any atom is -0.496 e. The van der Waals surface area contributed by atoms with E-state index in [0.717, 1.165) is 37.1 Å². The van der Waals surface area contributed by atoms with E-state index >= 15 is 0 Å². The topological polar surface area (TPSA) is 49.9 Å². The maximum atomic E-state index is 13.7. The Bertz CT molecular complexity index is 1030. The number of hydrogen-bond donors (Lipinski definition) is 0. The summed E-state index contributed by atoms with van der Waals surface area (Å²) in [5.74, 6) is 0.689. The number of imide groups is 1. The minimum absolute atomic E-state index is 0.246. The lowest BCUT2D eigenvalue weighted by atomic mass is 9.97. The molecule has 0 aliphatic carbocycles. The van der Waals surface area contributed by atoms with E-state index in [1.54, 1.807) is 7.11 Å². The Kier molecular flexibility index (Phi) is 5.37. The van der Waals surface area contributed by atoms with Crippen LogP contribution in [0.15, 0.2) is 48.2 Å². The van der Waals surface area contributed by atoms with Crippen LogP contribution in [0.4, 0.5) is 5.69 Å². The second kappa shape index (κ2) is 7.98. The Labute approximate surface area is 177 Å². The molecule has 4 rings (SSSR count). The van der Waals surface area contributed by atoms with E-state index in [9.17, 15) is 9.59 Å². The van der Waals surface area contributed by atoms with Gasteiger partial charge in [0.25, 0.3) is 11.8 Å². The first-order chi connectivity index (χ1) is 14.4. The van der Waals surface area contributed by atoms with Gasteiger partial charge in [-0.3, -0.25) is 9.59 Å². The quantitative estimate of drug-likeness (QED) is 0.712. The Morgan fingerprint density at radius 2 is 1.63 bits per heavy atom. The first-order valence-corrected chi connectivity index (χ1v) is 10.5. The Balaban J connectivity index is 1.88. The highest BCUT2D eigenvalue weighted by Crippen LogP contribution is 2.40. The lowest BCUT2D eigenvalue weighted by Crippen LogP contribution is -2.38. The molecule has 30 heavy (non-hydrogen) atoms. The third-order valence-corrected chi connectivity index (χ3v) is 6.35. The molecule has 0 atom stereocenters. The van der Waals surface area contributed by atoms with Crippen molar-refractivity contribution < 1.29 is 14.3 Å². The number of methoxy groups -OCH3 is 1. The Morgan fingerprint density at radius 3 is 2.33 bits per heavy atom. The van der Waals surface area contributed by atoms with Crippen molar-refractivity contribution >= 4 is 23.1 Å². The normalized spacial score (nSPS) is 17.9. The molecule has 0 radical (unpaired) electrons. The Hall–Kier alpha value is -3.08. The maximum absolute atomic E-state index is 13.7. The minimum atomic E-state index is -0.285. The third-order valence-electron chi connectivity index (χ3n) is 6.35. The summed E-state index contributed by atoms with van der Waals surface area (Å²) in [6.07, 6.45) is 2.02. The van der Waals surface area contributed by atoms with E-state index in [2.05, 4.69) is 11.8 Å². The van der Waals surface area contributed by atoms with Crippen molar-refractivity contribution in [1.29, 1.82) is 0 Å². The average Bonchev–Trinajstić information content (AvgIpc) is 3.01. The molecule has 0 saturated carbocycles. The summed E-state index contributed by atoms with van der Waals surface area (Å²) < 4.78 is 5.54. The van der Waals surface area contributed by atoms with Gasteiger partial charge in [0.15, 0.2) is 0 Å². The number of anilines is 1. The standard InChI is InChI=1S/C25H28N2O3/c1-16-12-14-26(15-13-16)23-22(19-9-5-6-11-21(19)30-4)24(28)27(25(23)29)20-10-7-8-17(2)18(20)3/h5-11,16H,12-15H2,1-4H3. The predicted molar refractivity (Wildman–Crippen MR) is 118 cm³/mol. The monoisotopic (exact) mass is 404 g/mol. The SMILES string of the molecule is COc1ccccc1C1=C(N2CCC(C)CC2)C(=O)N(c2cccc(C)c2C)C1=O. The van der Waals surface area contributed by atoms with Gasteiger partial charge in [0.2, 0.25) is 0 Å². The number of likely N-dealkylation sites (tertiary alicyclic amines) is 1. The van der Waals surface area contributed by atoms with Crippen LogP contribution in [-0.2, 0) is 9.59 Å². The number of hydrogen-bond acceptors (Lipinski definition) is 4. The van der Waals surface area contributed by atoms with Gasteiger partial charge in [-0.05, 0) is 55.9 Å². The largest absolute Gasteiger partial charge is 0.496 e. The molecule has 0 aromatic heterocycles. The van der Waals surface area contributed by atoms with Gasteiger partial charge in [0.1, 0.15) is 11.4 Å². The fourth-order valence-corrected chi connectivity index (χ4v) is 4.33. The van der Waals surface area contributed by atoms with Crippen LogP contribution in [0.1, 0.15) is 36.5 Å². The van der Waals surface area contributed by atoms with E-state index in [4.69, 9.17) is 4.74 Å². The predicted octanol–water partition coefficient (Wildman–Crippen LogP) is 4.33. The van der Waals surface area contributed by atoms with E-state index in [0.29, 0.717) is 34.2 Å². The van der Waals surface area contributed by atoms with Crippen LogP contribution in [0.2, 0.25) is 0 Å². The Morgan fingerprint density at radius 1 is 0.933 bits per heavy atom. The molecule has 0 unspecified atom stereocenters. The van der Waals surface area contributed by atoms with Crippen LogP contribution in [0, 0.1) is 19.8 Å². The molecule has 1 saturated heterocycles. The number of aryl methyl sites for hydroxylation is 1. The number of piperidine rings is 1. The molecule has 0 N–H and O–H groups in total. The smallest absolute Gasteiger partial charge is 0.282 e. The van der Waals surface area contributed by atoms with E-state index in [1.807, 2.05) is 56.3 Å². The number of nitrogens with zero attached hydrogens (tertiary/aromatic N) is 2. The zero-order valence-corrected chi connectivity index (χ0v) is 18.1. The van der Waals surface area contributed by atoms with Crippen molar-refractivity contribution in [3.63, 3.8) is 0 Å². The molecule has 156 valence electrons. The number of carbonyl (C=O) groups excluding carboxylic acids is 2. The van der Waals surface area contributed by atoms with Crippen LogP contribution in [0.25, 0.3) is 5.57 Å². The molecule has 2 amide bonds. The van der Waals surface area contributed by atoms with E-state index in [-0.39, 0.29) is 11.8 Å². The van der Waals surface area contributed by atoms with Crippen molar-refractivity contribution in [1.82, 2.24) is 4.90 Å². The van der Waals surface area contributed by atoms with Crippen LogP contribution in [0.3, 0.4) is 0 Å². The van der Waals surface area contributed by atoms with Gasteiger partial charge < -0.3 is 9.64 Å². The zero-order valence-electron chi connectivity index (χ0n) is 18.1. The fourth-order valence-electron chi connectivity index (χ4n) is 4.33. The number of para-hydroxylation sites is 1. The zero-order chi connectivity index (χ0) is 21.4. The summed E-state index contributed by atoms with van der Waals surface area (Å²) in [6.45, 7) is 7.72. The molecular formula is C25H28N2O3. The number of amides is 2. The van der Waals surface area contributed by atoms with E-state index < -0.39 is 0 Å². The number of ether oxygens (including phenoxy) is 1. The molecule has 5 nitrogen and oxygen atoms in total. The first-order valence-electron chi connectivity index (χ1n) is 10.5. The number of rotatable bonds is 4. The van der Waals surface area contributed by atoms with Gasteiger partial charge in [-0.15, -0.1) is 0 Å². The fraction of sp³-hybridized carbons (Fsp3) is 0.360. The second-order valence-corrected chi connectivity index (χ2v) is 8.26. The van der Waals surface area contributed by atoms with Gasteiger partial charge in [-0.25, -0.2) is 4.90 Å². The van der Waals surface area contributed by atoms with Gasteiger partial charge >= 0.3 is 0 Å². The van der Waals surface area contributed by atoms with Crippen LogP contribution < -0.4 is 9.64 Å². The van der Waals surface area contributed by atoms with Crippen LogP contribution in [0.5, 0.6) is 5.75 Å². The summed E-state index contributed by atoms with van der Waals surface area (Å²) >= 11 is 0. The summed E-state index contributed by atoms with van der Waals surface area (Å²) in [4.78, 5) is 30.9. The van der Waals surface area contributed by atoms with Crippen molar-refractivity contribution in [2.75, 3.05) is 25.1 Å². The molecule has 2 aromatic carbocycles. The highest BCUT2D eigenvalue weighted by atomic mass is 16.5. The maximum Gasteiger partial charge on any atom is 0.282 e. The lowest BCUT2D eigenvalue weighted by molar-refractivity contribution is -0.120. The van der Waals surface area contributed by atoms with Crippen molar-refractivity contribution in [3.8, 4) is 5.75 Å². The molecule has 2 aromatic rings. The van der Waals surface area contributed by atoms with Crippen molar-refractivity contribution in [3.05, 3.63) is 64.9 Å². The molecule has 1 fully saturated rings. The third kappa shape index (κ3) is 3.28. The second-order valence-electron chi connectivity index (χ2n) is 8.26. The molecule has 2 aliphatic heterocycles. The van der Waals surface area contributed by atoms with Gasteiger partial charge in [-0.1, -0.05) is 37.3 Å². The summed E-state index contributed by atoms with van der Waals surface area (Å²) in [7, 11) is 1.59. The number of carbonyl (C=O) groups is 2. The molecular weight excluding hydrogens is 376 g/mol. The lowest BCUT2D eigenvalue weighted by Gasteiger charge is -2.33. The summed E-state index contributed by atoms with van der Waals surface area (Å²) in [5, 5.41) is 0. The molecule has 2 aliphatic rings. The first kappa shape index (κ1) is 20.2. The molecule has 5 heteroatoms. The van der Waals surface area contributed by atoms with Crippen LogP contribution in [-0.4, -0.2) is 36.9 Å². The van der Waals surface area contributed by atoms with Gasteiger partial charge in [0.05, 0.1) is 18.4 Å². The van der Waals surface area contributed by atoms with Crippen molar-refractivity contribution in [2.24, 2.45) is 5.92 Å². The van der Waals surface area contributed by atoms with Crippen molar-refractivity contribution in [2.45, 2.75) is 33.6 Å². The number of benzene rings is 2. The molecule has 2 heterocycles. The van der Waals surface area contributed by atoms with Gasteiger partial charge in [-0.2, -0.15) is 0 Å². The van der Waals surface area contributed by atoms with E-state index in [1.165, 1.54) is 4.90 Å². The highest BCUT2D eigenvalue weighted by Gasteiger charge is 2.44.